The molecule has 0 aliphatic rings. The van der Waals surface area contributed by atoms with E-state index in [9.17, 15) is 24.0 Å². The number of rotatable bonds is 5. The molecule has 0 spiro atoms. The van der Waals surface area contributed by atoms with Crippen molar-refractivity contribution in [1.29, 1.82) is 0 Å². The number of nitrogens with one attached hydrogen (secondary N) is 3. The Bertz CT molecular complexity index is 630. The summed E-state index contributed by atoms with van der Waals surface area (Å²) in [5, 5.41) is 10.7. The SMILES string of the molecule is NC(=O)CC(NC(=O)c1c[nH]c(=O)[nH]c1=O)C(=O)O. The van der Waals surface area contributed by atoms with Gasteiger partial charge in [-0.05, 0) is 0 Å². The minimum absolute atomic E-state index is 0.490. The average molecular weight is 270 g/mol. The molecule has 0 aromatic carbocycles. The molecule has 1 aromatic heterocycles. The van der Waals surface area contributed by atoms with Gasteiger partial charge in [0, 0.05) is 6.20 Å². The fourth-order valence-electron chi connectivity index (χ4n) is 1.22. The highest BCUT2D eigenvalue weighted by Gasteiger charge is 2.23. The van der Waals surface area contributed by atoms with E-state index in [4.69, 9.17) is 10.8 Å². The molecule has 0 fully saturated rings. The van der Waals surface area contributed by atoms with Gasteiger partial charge in [-0.15, -0.1) is 0 Å². The molecule has 0 saturated heterocycles. The third-order valence-corrected chi connectivity index (χ3v) is 2.07. The Morgan fingerprint density at radius 2 is 2.00 bits per heavy atom. The Balaban J connectivity index is 2.94. The van der Waals surface area contributed by atoms with Gasteiger partial charge in [0.25, 0.3) is 11.5 Å². The topological polar surface area (TPSA) is 175 Å². The molecule has 0 aliphatic heterocycles. The molecule has 1 heterocycles. The Labute approximate surface area is 104 Å². The summed E-state index contributed by atoms with van der Waals surface area (Å²) in [5.41, 5.74) is 2.54. The molecule has 10 heteroatoms. The zero-order chi connectivity index (χ0) is 14.6. The molecule has 2 amide bonds. The van der Waals surface area contributed by atoms with E-state index in [0.717, 1.165) is 6.20 Å². The number of hydrogen-bond acceptors (Lipinski definition) is 5. The molecule has 102 valence electrons. The number of nitrogens with two attached hydrogens (primary N) is 1. The first-order valence-electron chi connectivity index (χ1n) is 4.95. The Morgan fingerprint density at radius 3 is 2.47 bits per heavy atom. The molecule has 10 nitrogen and oxygen atoms in total. The van der Waals surface area contributed by atoms with Crippen LogP contribution in [0.4, 0.5) is 0 Å². The number of amides is 2. The standard InChI is InChI=1S/C9H10N4O6/c10-5(14)1-4(8(17)18)12-6(15)3-2-11-9(19)13-7(3)16/h2,4H,1H2,(H2,10,14)(H,12,15)(H,17,18)(H2,11,13,16,19). The second-order valence-corrected chi connectivity index (χ2v) is 3.52. The van der Waals surface area contributed by atoms with Crippen LogP contribution in [-0.4, -0.2) is 38.9 Å². The highest BCUT2D eigenvalue weighted by atomic mass is 16.4. The summed E-state index contributed by atoms with van der Waals surface area (Å²) in [4.78, 5) is 58.9. The summed E-state index contributed by atoms with van der Waals surface area (Å²) in [7, 11) is 0. The largest absolute Gasteiger partial charge is 0.480 e. The maximum atomic E-state index is 11.6. The summed E-state index contributed by atoms with van der Waals surface area (Å²) in [6.07, 6.45) is 0.210. The van der Waals surface area contributed by atoms with Gasteiger partial charge in [0.1, 0.15) is 11.6 Å². The van der Waals surface area contributed by atoms with Crippen molar-refractivity contribution in [2.24, 2.45) is 5.73 Å². The highest BCUT2D eigenvalue weighted by Crippen LogP contribution is 1.94. The van der Waals surface area contributed by atoms with Crippen LogP contribution >= 0.6 is 0 Å². The van der Waals surface area contributed by atoms with Crippen molar-refractivity contribution < 1.29 is 19.5 Å². The summed E-state index contributed by atoms with van der Waals surface area (Å²) >= 11 is 0. The Hall–Kier alpha value is -2.91. The van der Waals surface area contributed by atoms with Gasteiger partial charge in [0.15, 0.2) is 0 Å². The molecule has 0 radical (unpaired) electrons. The fourth-order valence-corrected chi connectivity index (χ4v) is 1.22. The second-order valence-electron chi connectivity index (χ2n) is 3.52. The lowest BCUT2D eigenvalue weighted by atomic mass is 10.2. The molecule has 0 aliphatic carbocycles. The minimum atomic E-state index is -1.56. The fraction of sp³-hybridized carbons (Fsp3) is 0.222. The monoisotopic (exact) mass is 270 g/mol. The van der Waals surface area contributed by atoms with Gasteiger partial charge < -0.3 is 21.1 Å². The Morgan fingerprint density at radius 1 is 1.37 bits per heavy atom. The lowest BCUT2D eigenvalue weighted by molar-refractivity contribution is -0.140. The number of carboxylic acids is 1. The molecule has 6 N–H and O–H groups in total. The third-order valence-electron chi connectivity index (χ3n) is 2.07. The summed E-state index contributed by atoms with van der Waals surface area (Å²) < 4.78 is 0. The van der Waals surface area contributed by atoms with Crippen LogP contribution in [0.2, 0.25) is 0 Å². The number of aromatic nitrogens is 2. The van der Waals surface area contributed by atoms with Crippen LogP contribution in [0.15, 0.2) is 15.8 Å². The van der Waals surface area contributed by atoms with Crippen molar-refractivity contribution in [3.05, 3.63) is 32.6 Å². The predicted octanol–water partition coefficient (Wildman–Crippen LogP) is -2.88. The molecule has 19 heavy (non-hydrogen) atoms. The quantitative estimate of drug-likeness (QED) is 0.384. The predicted molar refractivity (Wildman–Crippen MR) is 60.4 cm³/mol. The van der Waals surface area contributed by atoms with Crippen molar-refractivity contribution in [2.75, 3.05) is 0 Å². The van der Waals surface area contributed by atoms with E-state index >= 15 is 0 Å². The first kappa shape index (κ1) is 14.2. The maximum absolute atomic E-state index is 11.6. The van der Waals surface area contributed by atoms with Gasteiger partial charge in [-0.2, -0.15) is 0 Å². The zero-order valence-corrected chi connectivity index (χ0v) is 9.43. The second kappa shape index (κ2) is 5.62. The van der Waals surface area contributed by atoms with E-state index in [1.807, 2.05) is 5.32 Å². The number of carbonyl (C=O) groups is 3. The van der Waals surface area contributed by atoms with Crippen molar-refractivity contribution in [1.82, 2.24) is 15.3 Å². The number of primary amides is 1. The Kier molecular flexibility index (Phi) is 4.19. The van der Waals surface area contributed by atoms with Crippen molar-refractivity contribution in [3.63, 3.8) is 0 Å². The van der Waals surface area contributed by atoms with Crippen LogP contribution in [-0.2, 0) is 9.59 Å². The van der Waals surface area contributed by atoms with E-state index in [1.54, 1.807) is 4.98 Å². The van der Waals surface area contributed by atoms with Gasteiger partial charge in [0.05, 0.1) is 6.42 Å². The number of hydrogen-bond donors (Lipinski definition) is 5. The van der Waals surface area contributed by atoms with Gasteiger partial charge in [-0.1, -0.05) is 0 Å². The lowest BCUT2D eigenvalue weighted by Crippen LogP contribution is -2.45. The normalized spacial score (nSPS) is 11.6. The summed E-state index contributed by atoms with van der Waals surface area (Å²) in [6, 6.07) is -1.56. The van der Waals surface area contributed by atoms with Crippen molar-refractivity contribution >= 4 is 17.8 Å². The van der Waals surface area contributed by atoms with Crippen LogP contribution in [0.1, 0.15) is 16.8 Å². The van der Waals surface area contributed by atoms with Crippen molar-refractivity contribution in [3.8, 4) is 0 Å². The van der Waals surface area contributed by atoms with E-state index in [0.29, 0.717) is 0 Å². The number of H-pyrrole nitrogens is 2. The van der Waals surface area contributed by atoms with E-state index in [-0.39, 0.29) is 0 Å². The van der Waals surface area contributed by atoms with E-state index in [1.165, 1.54) is 0 Å². The van der Waals surface area contributed by atoms with Gasteiger partial charge in [-0.3, -0.25) is 19.4 Å². The molecule has 1 aromatic rings. The molecule has 1 atom stereocenters. The average Bonchev–Trinajstić information content (AvgIpc) is 2.26. The van der Waals surface area contributed by atoms with Crippen LogP contribution in [0.3, 0.4) is 0 Å². The van der Waals surface area contributed by atoms with Gasteiger partial charge in [-0.25, -0.2) is 9.59 Å². The van der Waals surface area contributed by atoms with Gasteiger partial charge in [0.2, 0.25) is 5.91 Å². The molecule has 1 rings (SSSR count). The van der Waals surface area contributed by atoms with Crippen LogP contribution in [0.25, 0.3) is 0 Å². The number of aliphatic carboxylic acids is 1. The van der Waals surface area contributed by atoms with E-state index < -0.39 is 47.1 Å². The van der Waals surface area contributed by atoms with Gasteiger partial charge >= 0.3 is 11.7 Å². The number of aromatic amines is 2. The smallest absolute Gasteiger partial charge is 0.326 e. The van der Waals surface area contributed by atoms with Crippen LogP contribution < -0.4 is 22.3 Å². The summed E-state index contributed by atoms with van der Waals surface area (Å²) in [5.74, 6) is -3.46. The molecular weight excluding hydrogens is 260 g/mol. The first-order valence-corrected chi connectivity index (χ1v) is 4.95. The zero-order valence-electron chi connectivity index (χ0n) is 9.43. The number of carbonyl (C=O) groups excluding carboxylic acids is 2. The summed E-state index contributed by atoms with van der Waals surface area (Å²) in [6.45, 7) is 0. The third kappa shape index (κ3) is 3.80. The van der Waals surface area contributed by atoms with Crippen LogP contribution in [0, 0.1) is 0 Å². The van der Waals surface area contributed by atoms with E-state index in [2.05, 4.69) is 4.98 Å². The first-order chi connectivity index (χ1) is 8.81. The number of carboxylic acid groups (broad SMARTS) is 1. The lowest BCUT2D eigenvalue weighted by Gasteiger charge is -2.11. The maximum Gasteiger partial charge on any atom is 0.326 e. The molecule has 0 saturated carbocycles. The van der Waals surface area contributed by atoms with Crippen LogP contribution in [0.5, 0.6) is 0 Å². The molecule has 0 bridgehead atoms. The molecule has 1 unspecified atom stereocenters. The van der Waals surface area contributed by atoms with Crippen molar-refractivity contribution in [2.45, 2.75) is 12.5 Å². The highest BCUT2D eigenvalue weighted by molar-refractivity contribution is 5.97. The minimum Gasteiger partial charge on any atom is -0.480 e. The molecular formula is C9H10N4O6.